The number of benzene rings is 1. The highest BCUT2D eigenvalue weighted by Gasteiger charge is 2.40. The number of aryl methyl sites for hydroxylation is 1. The Morgan fingerprint density at radius 3 is 2.66 bits per heavy atom. The lowest BCUT2D eigenvalue weighted by molar-refractivity contribution is -0.128. The molecule has 5 rings (SSSR count). The second-order valence-corrected chi connectivity index (χ2v) is 12.6. The number of methoxy groups -OCH3 is 1. The van der Waals surface area contributed by atoms with E-state index in [4.69, 9.17) is 19.9 Å². The molecule has 3 saturated heterocycles. The van der Waals surface area contributed by atoms with Crippen LogP contribution in [0.2, 0.25) is 0 Å². The fourth-order valence-electron chi connectivity index (χ4n) is 6.61. The number of fused-ring (bicyclic) bond motifs is 1. The normalized spacial score (nSPS) is 25.8. The van der Waals surface area contributed by atoms with Crippen LogP contribution in [0.25, 0.3) is 0 Å². The number of carbonyl (C=O) groups is 1. The van der Waals surface area contributed by atoms with Gasteiger partial charge in [-0.3, -0.25) is 4.79 Å². The number of nitrogens with two attached hydrogens (primary N) is 1. The molecule has 4 heterocycles. The largest absolute Gasteiger partial charge is 0.487 e. The minimum Gasteiger partial charge on any atom is -0.487 e. The van der Waals surface area contributed by atoms with Crippen LogP contribution in [-0.4, -0.2) is 91.8 Å². The summed E-state index contributed by atoms with van der Waals surface area (Å²) >= 11 is 3.57. The van der Waals surface area contributed by atoms with Gasteiger partial charge in [0.25, 0.3) is 5.91 Å². The van der Waals surface area contributed by atoms with Crippen molar-refractivity contribution in [3.63, 3.8) is 0 Å². The zero-order chi connectivity index (χ0) is 29.0. The summed E-state index contributed by atoms with van der Waals surface area (Å²) in [5, 5.41) is 3.75. The van der Waals surface area contributed by atoms with Gasteiger partial charge < -0.3 is 35.1 Å². The van der Waals surface area contributed by atoms with Gasteiger partial charge in [-0.15, -0.1) is 0 Å². The summed E-state index contributed by atoms with van der Waals surface area (Å²) in [6.07, 6.45) is 8.09. The van der Waals surface area contributed by atoms with Gasteiger partial charge in [-0.05, 0) is 62.8 Å². The molecular formula is C31H44BrN5O4. The molecule has 1 spiro atoms. The van der Waals surface area contributed by atoms with E-state index >= 15 is 0 Å². The number of amidine groups is 1. The molecule has 0 aromatic heterocycles. The van der Waals surface area contributed by atoms with Gasteiger partial charge in [0.15, 0.2) is 0 Å². The van der Waals surface area contributed by atoms with Crippen LogP contribution < -0.4 is 15.8 Å². The van der Waals surface area contributed by atoms with Gasteiger partial charge in [-0.1, -0.05) is 22.5 Å². The number of nitrogens with zero attached hydrogens (tertiary/aromatic N) is 3. The molecule has 0 bridgehead atoms. The van der Waals surface area contributed by atoms with E-state index in [1.165, 1.54) is 11.8 Å². The number of hydrogen-bond donors (Lipinski definition) is 2. The van der Waals surface area contributed by atoms with Gasteiger partial charge in [0.05, 0.1) is 12.7 Å². The number of hydrogen-bond acceptors (Lipinski definition) is 7. The Bertz CT molecular complexity index is 1170. The monoisotopic (exact) mass is 629 g/mol. The molecule has 4 aliphatic rings. The number of likely N-dealkylation sites (tertiary alicyclic amines) is 2. The van der Waals surface area contributed by atoms with Crippen LogP contribution in [0.4, 0.5) is 0 Å². The number of piperidine rings is 2. The first-order valence-electron chi connectivity index (χ1n) is 14.9. The highest BCUT2D eigenvalue weighted by molar-refractivity contribution is 9.10. The first-order chi connectivity index (χ1) is 19.8. The van der Waals surface area contributed by atoms with Gasteiger partial charge >= 0.3 is 0 Å². The number of aliphatic imine (C=N–C) groups is 1. The maximum Gasteiger partial charge on any atom is 0.270 e. The van der Waals surface area contributed by atoms with Crippen LogP contribution in [0.3, 0.4) is 0 Å². The van der Waals surface area contributed by atoms with E-state index in [1.807, 2.05) is 17.9 Å². The molecule has 0 radical (unpaired) electrons. The van der Waals surface area contributed by atoms with Crippen molar-refractivity contribution in [3.05, 3.63) is 52.3 Å². The number of ether oxygens (including phenoxy) is 3. The minimum atomic E-state index is -0.165. The fourth-order valence-corrected chi connectivity index (χ4v) is 7.02. The molecule has 1 amide bonds. The molecule has 0 unspecified atom stereocenters. The first-order valence-corrected chi connectivity index (χ1v) is 15.7. The summed E-state index contributed by atoms with van der Waals surface area (Å²) in [6, 6.07) is 6.89. The molecule has 4 aliphatic heterocycles. The van der Waals surface area contributed by atoms with Crippen molar-refractivity contribution in [2.75, 3.05) is 46.5 Å². The third-order valence-corrected chi connectivity index (χ3v) is 9.69. The lowest BCUT2D eigenvalue weighted by Gasteiger charge is -2.45. The van der Waals surface area contributed by atoms with Gasteiger partial charge in [-0.2, -0.15) is 0 Å². The van der Waals surface area contributed by atoms with Crippen LogP contribution in [0, 0.1) is 0 Å². The van der Waals surface area contributed by atoms with Gasteiger partial charge in [-0.25, -0.2) is 4.99 Å². The molecule has 1 aromatic carbocycles. The average Bonchev–Trinajstić information content (AvgIpc) is 3.00. The molecule has 1 aromatic rings. The highest BCUT2D eigenvalue weighted by Crippen LogP contribution is 2.40. The predicted octanol–water partition coefficient (Wildman–Crippen LogP) is 3.77. The van der Waals surface area contributed by atoms with E-state index in [-0.39, 0.29) is 29.4 Å². The zero-order valence-electron chi connectivity index (χ0n) is 24.4. The Labute approximate surface area is 252 Å². The number of nitrogens with one attached hydrogen (secondary N) is 1. The van der Waals surface area contributed by atoms with Crippen LogP contribution >= 0.6 is 15.9 Å². The van der Waals surface area contributed by atoms with E-state index in [0.29, 0.717) is 31.3 Å². The van der Waals surface area contributed by atoms with E-state index in [0.717, 1.165) is 80.7 Å². The van der Waals surface area contributed by atoms with Crippen molar-refractivity contribution in [2.45, 2.75) is 75.7 Å². The van der Waals surface area contributed by atoms with Gasteiger partial charge in [0.2, 0.25) is 0 Å². The Kier molecular flexibility index (Phi) is 9.74. The number of carbonyl (C=O) groups excluding carboxylic acids is 1. The molecule has 0 saturated carbocycles. The molecule has 224 valence electrons. The molecular weight excluding hydrogens is 586 g/mol. The predicted molar refractivity (Wildman–Crippen MR) is 164 cm³/mol. The summed E-state index contributed by atoms with van der Waals surface area (Å²) < 4.78 is 18.8. The van der Waals surface area contributed by atoms with Crippen LogP contribution in [0.15, 0.2) is 51.7 Å². The third-order valence-electron chi connectivity index (χ3n) is 9.20. The Morgan fingerprint density at radius 1 is 1.20 bits per heavy atom. The van der Waals surface area contributed by atoms with Gasteiger partial charge in [0.1, 0.15) is 22.9 Å². The Hall–Kier alpha value is -2.40. The number of rotatable bonds is 6. The molecule has 0 aliphatic carbocycles. The van der Waals surface area contributed by atoms with Crippen molar-refractivity contribution >= 4 is 27.7 Å². The zero-order valence-corrected chi connectivity index (χ0v) is 26.0. The Balaban J connectivity index is 1.18. The maximum absolute atomic E-state index is 13.5. The minimum absolute atomic E-state index is 0.0693. The highest BCUT2D eigenvalue weighted by atomic mass is 79.9. The summed E-state index contributed by atoms with van der Waals surface area (Å²) in [5.74, 6) is 1.59. The van der Waals surface area contributed by atoms with Crippen molar-refractivity contribution in [1.29, 1.82) is 0 Å². The smallest absolute Gasteiger partial charge is 0.270 e. The first kappa shape index (κ1) is 30.1. The van der Waals surface area contributed by atoms with Crippen molar-refractivity contribution in [3.8, 4) is 5.75 Å². The quantitative estimate of drug-likeness (QED) is 0.281. The van der Waals surface area contributed by atoms with Crippen LogP contribution in [-0.2, 0) is 20.7 Å². The van der Waals surface area contributed by atoms with E-state index in [2.05, 4.69) is 49.9 Å². The molecule has 3 N–H and O–H groups in total. The average molecular weight is 631 g/mol. The fraction of sp³-hybridized carbons (Fsp3) is 0.613. The molecule has 41 heavy (non-hydrogen) atoms. The van der Waals surface area contributed by atoms with E-state index in [9.17, 15) is 4.79 Å². The standard InChI is InChI=1S/C31H44BrN5O4/c1-4-34-29(36-16-12-31(13-17-36)11-7-22-19-23(32)5-6-26(22)41-31)21(2)28(33)30(38)37-14-8-24(9-15-37)35-25-10-18-40-20-27(25)39-3/h4-6,19,24-25,27,35H,1,7-18,20,33H2,2-3H3/b28-21-,34-29+/t25-,27+/m0/s1. The molecule has 10 heteroatoms. The van der Waals surface area contributed by atoms with Gasteiger partial charge in [0, 0.05) is 81.1 Å². The SMILES string of the molecule is C=C/N=C(\C(C)=C(/N)C(=O)N1CCC(N[C@H]2CCOC[C@H]2OC)CC1)N1CCC2(CCc3cc(Br)ccc3O2)CC1. The number of amides is 1. The summed E-state index contributed by atoms with van der Waals surface area (Å²) in [4.78, 5) is 22.2. The van der Waals surface area contributed by atoms with E-state index < -0.39 is 0 Å². The summed E-state index contributed by atoms with van der Waals surface area (Å²) in [6.45, 7) is 10.00. The van der Waals surface area contributed by atoms with Crippen LogP contribution in [0.1, 0.15) is 51.0 Å². The number of halogens is 1. The molecule has 3 fully saturated rings. The van der Waals surface area contributed by atoms with Crippen molar-refractivity contribution in [1.82, 2.24) is 15.1 Å². The lowest BCUT2D eigenvalue weighted by atomic mass is 9.83. The molecule has 9 nitrogen and oxygen atoms in total. The molecule has 2 atom stereocenters. The maximum atomic E-state index is 13.5. The van der Waals surface area contributed by atoms with Crippen molar-refractivity contribution < 1.29 is 19.0 Å². The second-order valence-electron chi connectivity index (χ2n) is 11.7. The van der Waals surface area contributed by atoms with Crippen molar-refractivity contribution in [2.24, 2.45) is 10.7 Å². The van der Waals surface area contributed by atoms with E-state index in [1.54, 1.807) is 7.11 Å². The second kappa shape index (κ2) is 13.3. The summed E-state index contributed by atoms with van der Waals surface area (Å²) in [7, 11) is 1.74. The van der Waals surface area contributed by atoms with Crippen LogP contribution in [0.5, 0.6) is 5.75 Å². The summed E-state index contributed by atoms with van der Waals surface area (Å²) in [5.41, 5.74) is 8.58. The lowest BCUT2D eigenvalue weighted by Crippen LogP contribution is -2.54. The third kappa shape index (κ3) is 6.82. The topological polar surface area (TPSA) is 102 Å². The Morgan fingerprint density at radius 2 is 1.95 bits per heavy atom.